The Balaban J connectivity index is 1.72. The van der Waals surface area contributed by atoms with Gasteiger partial charge in [0.2, 0.25) is 5.91 Å². The topological polar surface area (TPSA) is 67.9 Å². The highest BCUT2D eigenvalue weighted by Gasteiger charge is 2.21. The average Bonchev–Trinajstić information content (AvgIpc) is 3.32. The van der Waals surface area contributed by atoms with Crippen LogP contribution in [0.2, 0.25) is 5.02 Å². The number of hydrogen-bond acceptors (Lipinski definition) is 4. The third-order valence-electron chi connectivity index (χ3n) is 5.34. The first-order valence-corrected chi connectivity index (χ1v) is 11.2. The monoisotopic (exact) mass is 456 g/mol. The molecule has 1 N–H and O–H groups in total. The Hall–Kier alpha value is -2.99. The zero-order valence-electron chi connectivity index (χ0n) is 18.7. The van der Waals surface area contributed by atoms with E-state index in [1.165, 1.54) is 6.08 Å². The van der Waals surface area contributed by atoms with Crippen LogP contribution in [0.3, 0.4) is 0 Å². The van der Waals surface area contributed by atoms with Crippen LogP contribution in [-0.4, -0.2) is 43.5 Å². The lowest BCUT2D eigenvalue weighted by Crippen LogP contribution is -2.28. The van der Waals surface area contributed by atoms with Gasteiger partial charge in [0.15, 0.2) is 11.5 Å². The third-order valence-corrected chi connectivity index (χ3v) is 5.63. The van der Waals surface area contributed by atoms with Gasteiger partial charge in [-0.05, 0) is 67.7 Å². The van der Waals surface area contributed by atoms with Crippen molar-refractivity contribution in [3.63, 3.8) is 0 Å². The zero-order valence-corrected chi connectivity index (χ0v) is 19.5. The molecule has 0 radical (unpaired) electrons. The quantitative estimate of drug-likeness (QED) is 0.545. The Bertz CT molecular complexity index is 1010. The molecule has 3 rings (SSSR count). The van der Waals surface area contributed by atoms with Crippen molar-refractivity contribution in [3.05, 3.63) is 58.1 Å². The summed E-state index contributed by atoms with van der Waals surface area (Å²) in [6, 6.07) is 8.87. The molecule has 0 bridgehead atoms. The highest BCUT2D eigenvalue weighted by Crippen LogP contribution is 2.37. The van der Waals surface area contributed by atoms with Crippen molar-refractivity contribution in [3.8, 4) is 11.5 Å². The van der Waals surface area contributed by atoms with Crippen LogP contribution in [0.25, 0.3) is 6.08 Å². The van der Waals surface area contributed by atoms with Crippen LogP contribution in [0.15, 0.2) is 36.4 Å². The van der Waals surface area contributed by atoms with Crippen molar-refractivity contribution in [1.82, 2.24) is 4.90 Å². The van der Waals surface area contributed by atoms with E-state index in [2.05, 4.69) is 5.32 Å². The van der Waals surface area contributed by atoms with Gasteiger partial charge < -0.3 is 19.7 Å². The summed E-state index contributed by atoms with van der Waals surface area (Å²) in [6.07, 6.45) is 6.00. The molecule has 170 valence electrons. The average molecular weight is 457 g/mol. The van der Waals surface area contributed by atoms with Crippen molar-refractivity contribution in [1.29, 1.82) is 0 Å². The smallest absolute Gasteiger partial charge is 0.254 e. The molecule has 7 heteroatoms. The molecule has 1 aliphatic heterocycles. The van der Waals surface area contributed by atoms with Gasteiger partial charge in [0, 0.05) is 30.4 Å². The number of carbonyl (C=O) groups excluding carboxylic acids is 2. The molecule has 1 saturated heterocycles. The van der Waals surface area contributed by atoms with Crippen molar-refractivity contribution in [2.45, 2.75) is 33.1 Å². The molecule has 0 aromatic heterocycles. The molecule has 0 saturated carbocycles. The van der Waals surface area contributed by atoms with Gasteiger partial charge in [-0.1, -0.05) is 24.6 Å². The van der Waals surface area contributed by atoms with Crippen LogP contribution in [0.4, 0.5) is 5.69 Å². The van der Waals surface area contributed by atoms with E-state index < -0.39 is 0 Å². The van der Waals surface area contributed by atoms with Crippen molar-refractivity contribution < 1.29 is 19.1 Å². The fourth-order valence-electron chi connectivity index (χ4n) is 3.62. The molecule has 0 atom stereocenters. The summed E-state index contributed by atoms with van der Waals surface area (Å²) in [4.78, 5) is 27.2. The van der Waals surface area contributed by atoms with E-state index in [4.69, 9.17) is 21.1 Å². The van der Waals surface area contributed by atoms with Crippen LogP contribution in [0, 0.1) is 6.92 Å². The van der Waals surface area contributed by atoms with Crippen LogP contribution >= 0.6 is 11.6 Å². The summed E-state index contributed by atoms with van der Waals surface area (Å²) >= 11 is 6.34. The number of nitrogens with zero attached hydrogens (tertiary/aromatic N) is 1. The van der Waals surface area contributed by atoms with E-state index in [1.54, 1.807) is 43.5 Å². The van der Waals surface area contributed by atoms with Crippen molar-refractivity contribution in [2.75, 3.05) is 32.1 Å². The number of methoxy groups -OCH3 is 1. The normalized spacial score (nSPS) is 13.4. The van der Waals surface area contributed by atoms with E-state index in [1.807, 2.05) is 18.7 Å². The second-order valence-electron chi connectivity index (χ2n) is 7.68. The Morgan fingerprint density at radius 3 is 2.66 bits per heavy atom. The molecule has 2 amide bonds. The third kappa shape index (κ3) is 5.62. The number of carbonyl (C=O) groups is 2. The summed E-state index contributed by atoms with van der Waals surface area (Å²) in [7, 11) is 1.55. The second kappa shape index (κ2) is 11.0. The highest BCUT2D eigenvalue weighted by atomic mass is 35.5. The fourth-order valence-corrected chi connectivity index (χ4v) is 3.89. The summed E-state index contributed by atoms with van der Waals surface area (Å²) in [5, 5.41) is 3.28. The van der Waals surface area contributed by atoms with E-state index in [9.17, 15) is 9.59 Å². The SMILES string of the molecule is CCCOc1c(Cl)cc(/C=C/C(=O)Nc2cccc(C(=O)N3CCCC3)c2C)cc1OC. The molecule has 32 heavy (non-hydrogen) atoms. The lowest BCUT2D eigenvalue weighted by molar-refractivity contribution is -0.111. The predicted octanol–water partition coefficient (Wildman–Crippen LogP) is 5.33. The number of nitrogens with one attached hydrogen (secondary N) is 1. The van der Waals surface area contributed by atoms with Crippen molar-refractivity contribution >= 4 is 35.2 Å². The van der Waals surface area contributed by atoms with E-state index in [-0.39, 0.29) is 11.8 Å². The Kier molecular flexibility index (Phi) is 8.17. The van der Waals surface area contributed by atoms with Gasteiger partial charge in [-0.3, -0.25) is 9.59 Å². The maximum atomic E-state index is 12.8. The summed E-state index contributed by atoms with van der Waals surface area (Å²) in [5.74, 6) is 0.710. The number of benzene rings is 2. The minimum Gasteiger partial charge on any atom is -0.493 e. The molecule has 0 aliphatic carbocycles. The Labute approximate surface area is 194 Å². The van der Waals surface area contributed by atoms with Crippen LogP contribution in [0.1, 0.15) is 47.7 Å². The molecular weight excluding hydrogens is 428 g/mol. The molecule has 1 heterocycles. The fraction of sp³-hybridized carbons (Fsp3) is 0.360. The summed E-state index contributed by atoms with van der Waals surface area (Å²) < 4.78 is 11.0. The first kappa shape index (κ1) is 23.7. The lowest BCUT2D eigenvalue weighted by atomic mass is 10.1. The molecule has 1 aliphatic rings. The number of ether oxygens (including phenoxy) is 2. The first-order valence-electron chi connectivity index (χ1n) is 10.8. The number of likely N-dealkylation sites (tertiary alicyclic amines) is 1. The zero-order chi connectivity index (χ0) is 23.1. The number of anilines is 1. The number of rotatable bonds is 8. The first-order chi connectivity index (χ1) is 15.4. The number of hydrogen-bond donors (Lipinski definition) is 1. The Morgan fingerprint density at radius 1 is 1.22 bits per heavy atom. The second-order valence-corrected chi connectivity index (χ2v) is 8.09. The van der Waals surface area contributed by atoms with E-state index in [0.29, 0.717) is 39.9 Å². The molecular formula is C25H29ClN2O4. The van der Waals surface area contributed by atoms with E-state index in [0.717, 1.165) is 37.9 Å². The van der Waals surface area contributed by atoms with Crippen LogP contribution < -0.4 is 14.8 Å². The van der Waals surface area contributed by atoms with E-state index >= 15 is 0 Å². The molecule has 0 spiro atoms. The lowest BCUT2D eigenvalue weighted by Gasteiger charge is -2.18. The van der Waals surface area contributed by atoms with Crippen molar-refractivity contribution in [2.24, 2.45) is 0 Å². The standard InChI is InChI=1S/C25H29ClN2O4/c1-4-14-32-24-20(26)15-18(16-22(24)31-3)10-11-23(29)27-21-9-7-8-19(17(21)2)25(30)28-12-5-6-13-28/h7-11,15-16H,4-6,12-14H2,1-3H3,(H,27,29)/b11-10+. The van der Waals surface area contributed by atoms with Gasteiger partial charge in [-0.2, -0.15) is 0 Å². The molecule has 0 unspecified atom stereocenters. The molecule has 2 aromatic rings. The number of halogens is 1. The Morgan fingerprint density at radius 2 is 1.97 bits per heavy atom. The van der Waals surface area contributed by atoms with Gasteiger partial charge in [0.05, 0.1) is 18.7 Å². The van der Waals surface area contributed by atoms with Gasteiger partial charge in [0.25, 0.3) is 5.91 Å². The largest absolute Gasteiger partial charge is 0.493 e. The number of amides is 2. The van der Waals surface area contributed by atoms with Crippen LogP contribution in [0.5, 0.6) is 11.5 Å². The van der Waals surface area contributed by atoms with Gasteiger partial charge >= 0.3 is 0 Å². The maximum Gasteiger partial charge on any atom is 0.254 e. The maximum absolute atomic E-state index is 12.8. The van der Waals surface area contributed by atoms with Gasteiger partial charge in [0.1, 0.15) is 0 Å². The molecule has 6 nitrogen and oxygen atoms in total. The molecule has 2 aromatic carbocycles. The minimum atomic E-state index is -0.305. The summed E-state index contributed by atoms with van der Waals surface area (Å²) in [5.41, 5.74) is 2.70. The summed E-state index contributed by atoms with van der Waals surface area (Å²) in [6.45, 7) is 5.96. The predicted molar refractivity (Wildman–Crippen MR) is 128 cm³/mol. The van der Waals surface area contributed by atoms with Gasteiger partial charge in [-0.25, -0.2) is 0 Å². The molecule has 1 fully saturated rings. The minimum absolute atomic E-state index is 0.0127. The van der Waals surface area contributed by atoms with Gasteiger partial charge in [-0.15, -0.1) is 0 Å². The highest BCUT2D eigenvalue weighted by molar-refractivity contribution is 6.32. The van der Waals surface area contributed by atoms with Crippen LogP contribution in [-0.2, 0) is 4.79 Å².